The minimum absolute atomic E-state index is 0.0656. The summed E-state index contributed by atoms with van der Waals surface area (Å²) in [5, 5.41) is 8.66. The summed E-state index contributed by atoms with van der Waals surface area (Å²) in [7, 11) is -2.38. The second kappa shape index (κ2) is 5.33. The van der Waals surface area contributed by atoms with E-state index in [1.54, 1.807) is 6.92 Å². The van der Waals surface area contributed by atoms with E-state index in [9.17, 15) is 12.8 Å². The fourth-order valence-electron chi connectivity index (χ4n) is 1.39. The number of nitrogens with two attached hydrogens (primary N) is 1. The summed E-state index contributed by atoms with van der Waals surface area (Å²) in [4.78, 5) is -0.0889. The summed E-state index contributed by atoms with van der Waals surface area (Å²) < 4.78 is 38.2. The zero-order valence-corrected chi connectivity index (χ0v) is 10.9. The van der Waals surface area contributed by atoms with Gasteiger partial charge in [0.15, 0.2) is 0 Å². The van der Waals surface area contributed by atoms with Crippen molar-refractivity contribution in [3.8, 4) is 6.07 Å². The molecule has 5 nitrogen and oxygen atoms in total. The number of halogens is 1. The van der Waals surface area contributed by atoms with Gasteiger partial charge in [-0.2, -0.15) is 9.57 Å². The largest absolute Gasteiger partial charge is 0.396 e. The van der Waals surface area contributed by atoms with Crippen LogP contribution in [0, 0.1) is 23.1 Å². The first-order valence-corrected chi connectivity index (χ1v) is 6.64. The number of benzene rings is 1. The van der Waals surface area contributed by atoms with Crippen LogP contribution in [0.15, 0.2) is 23.1 Å². The van der Waals surface area contributed by atoms with Gasteiger partial charge in [0.1, 0.15) is 5.82 Å². The molecule has 0 saturated heterocycles. The predicted molar refractivity (Wildman–Crippen MR) is 65.4 cm³/mol. The van der Waals surface area contributed by atoms with Crippen LogP contribution in [0.3, 0.4) is 0 Å². The number of nitrogen functional groups attached to an aromatic ring is 1. The van der Waals surface area contributed by atoms with Gasteiger partial charge in [-0.1, -0.05) is 0 Å². The molecule has 0 saturated carbocycles. The Balaban J connectivity index is 3.06. The minimum Gasteiger partial charge on any atom is -0.396 e. The van der Waals surface area contributed by atoms with Gasteiger partial charge in [-0.3, -0.25) is 0 Å². The Kier molecular flexibility index (Phi) is 4.27. The highest BCUT2D eigenvalue weighted by Crippen LogP contribution is 2.20. The van der Waals surface area contributed by atoms with Gasteiger partial charge in [0.05, 0.1) is 22.6 Å². The summed E-state index contributed by atoms with van der Waals surface area (Å²) in [5.74, 6) is -1.09. The number of nitriles is 1. The number of nitrogens with zero attached hydrogens (tertiary/aromatic N) is 2. The molecule has 0 amide bonds. The van der Waals surface area contributed by atoms with Gasteiger partial charge >= 0.3 is 0 Å². The van der Waals surface area contributed by atoms with Crippen LogP contribution in [-0.2, 0) is 10.0 Å². The molecule has 0 bridgehead atoms. The van der Waals surface area contributed by atoms with Gasteiger partial charge in [-0.15, -0.1) is 0 Å². The van der Waals surface area contributed by atoms with E-state index in [2.05, 4.69) is 0 Å². The lowest BCUT2D eigenvalue weighted by atomic mass is 10.2. The normalized spacial score (nSPS) is 13.3. The van der Waals surface area contributed by atoms with Gasteiger partial charge in [-0.05, 0) is 25.1 Å². The highest BCUT2D eigenvalue weighted by atomic mass is 32.2. The van der Waals surface area contributed by atoms with Crippen molar-refractivity contribution in [1.29, 1.82) is 5.26 Å². The van der Waals surface area contributed by atoms with E-state index in [1.165, 1.54) is 7.05 Å². The average molecular weight is 271 g/mol. The van der Waals surface area contributed by atoms with Crippen molar-refractivity contribution < 1.29 is 12.8 Å². The molecule has 0 aromatic heterocycles. The lowest BCUT2D eigenvalue weighted by Gasteiger charge is -2.18. The maximum atomic E-state index is 13.0. The molecular weight excluding hydrogens is 257 g/mol. The molecule has 1 atom stereocenters. The monoisotopic (exact) mass is 271 g/mol. The third-order valence-electron chi connectivity index (χ3n) is 2.43. The molecule has 1 unspecified atom stereocenters. The van der Waals surface area contributed by atoms with Crippen LogP contribution < -0.4 is 5.73 Å². The Morgan fingerprint density at radius 1 is 1.56 bits per heavy atom. The molecule has 0 aliphatic carbocycles. The molecule has 98 valence electrons. The topological polar surface area (TPSA) is 87.2 Å². The molecule has 0 fully saturated rings. The van der Waals surface area contributed by atoms with Crippen LogP contribution in [0.2, 0.25) is 0 Å². The Labute approximate surface area is 106 Å². The fourth-order valence-corrected chi connectivity index (χ4v) is 2.68. The number of rotatable bonds is 4. The molecule has 1 aromatic rings. The minimum atomic E-state index is -3.75. The van der Waals surface area contributed by atoms with E-state index in [0.717, 1.165) is 22.5 Å². The standard InChI is InChI=1S/C11H14FN3O2S/c1-8(6-13)7-15(2)18(16,17)9-3-4-10(12)11(14)5-9/h3-5,8H,7,14H2,1-2H3. The van der Waals surface area contributed by atoms with E-state index in [0.29, 0.717) is 0 Å². The van der Waals surface area contributed by atoms with E-state index >= 15 is 0 Å². The first-order chi connectivity index (χ1) is 8.28. The number of sulfonamides is 1. The van der Waals surface area contributed by atoms with E-state index in [1.807, 2.05) is 6.07 Å². The molecule has 0 heterocycles. The van der Waals surface area contributed by atoms with Crippen molar-refractivity contribution in [1.82, 2.24) is 4.31 Å². The molecule has 2 N–H and O–H groups in total. The van der Waals surface area contributed by atoms with Crippen LogP contribution in [0.25, 0.3) is 0 Å². The third-order valence-corrected chi connectivity index (χ3v) is 4.25. The molecule has 1 rings (SSSR count). The molecule has 0 aliphatic rings. The quantitative estimate of drug-likeness (QED) is 0.833. The van der Waals surface area contributed by atoms with E-state index in [4.69, 9.17) is 11.0 Å². The average Bonchev–Trinajstić information content (AvgIpc) is 2.32. The Bertz CT molecular complexity index is 580. The fraction of sp³-hybridized carbons (Fsp3) is 0.364. The highest BCUT2D eigenvalue weighted by molar-refractivity contribution is 7.89. The smallest absolute Gasteiger partial charge is 0.242 e. The first-order valence-electron chi connectivity index (χ1n) is 5.20. The number of hydrogen-bond donors (Lipinski definition) is 1. The summed E-state index contributed by atoms with van der Waals surface area (Å²) in [6.45, 7) is 1.68. The summed E-state index contributed by atoms with van der Waals surface area (Å²) in [6, 6.07) is 5.17. The van der Waals surface area contributed by atoms with Crippen LogP contribution in [-0.4, -0.2) is 26.3 Å². The summed E-state index contributed by atoms with van der Waals surface area (Å²) in [5.41, 5.74) is 5.11. The van der Waals surface area contributed by atoms with Gasteiger partial charge in [0.25, 0.3) is 0 Å². The van der Waals surface area contributed by atoms with Crippen molar-refractivity contribution in [3.63, 3.8) is 0 Å². The van der Waals surface area contributed by atoms with E-state index in [-0.39, 0.29) is 17.1 Å². The zero-order chi connectivity index (χ0) is 13.9. The van der Waals surface area contributed by atoms with Crippen molar-refractivity contribution in [2.45, 2.75) is 11.8 Å². The number of hydrogen-bond acceptors (Lipinski definition) is 4. The second-order valence-electron chi connectivity index (χ2n) is 4.00. The molecule has 0 radical (unpaired) electrons. The van der Waals surface area contributed by atoms with Crippen LogP contribution >= 0.6 is 0 Å². The van der Waals surface area contributed by atoms with Gasteiger partial charge < -0.3 is 5.73 Å². The predicted octanol–water partition coefficient (Wildman–Crippen LogP) is 1.19. The number of anilines is 1. The molecule has 0 aliphatic heterocycles. The Hall–Kier alpha value is -1.65. The van der Waals surface area contributed by atoms with Gasteiger partial charge in [0, 0.05) is 13.6 Å². The van der Waals surface area contributed by atoms with Gasteiger partial charge in [-0.25, -0.2) is 12.8 Å². The molecule has 1 aromatic carbocycles. The lowest BCUT2D eigenvalue weighted by molar-refractivity contribution is 0.439. The van der Waals surface area contributed by atoms with E-state index < -0.39 is 21.8 Å². The van der Waals surface area contributed by atoms with Crippen LogP contribution in [0.4, 0.5) is 10.1 Å². The molecule has 7 heteroatoms. The summed E-state index contributed by atoms with van der Waals surface area (Å²) >= 11 is 0. The zero-order valence-electron chi connectivity index (χ0n) is 10.1. The Morgan fingerprint density at radius 2 is 2.17 bits per heavy atom. The molecule has 0 spiro atoms. The maximum absolute atomic E-state index is 13.0. The first kappa shape index (κ1) is 14.4. The Morgan fingerprint density at radius 3 is 2.67 bits per heavy atom. The molecule has 18 heavy (non-hydrogen) atoms. The second-order valence-corrected chi connectivity index (χ2v) is 6.04. The van der Waals surface area contributed by atoms with Crippen LogP contribution in [0.1, 0.15) is 6.92 Å². The van der Waals surface area contributed by atoms with Crippen molar-refractivity contribution >= 4 is 15.7 Å². The van der Waals surface area contributed by atoms with Crippen molar-refractivity contribution in [2.24, 2.45) is 5.92 Å². The van der Waals surface area contributed by atoms with Crippen LogP contribution in [0.5, 0.6) is 0 Å². The SMILES string of the molecule is CC(C#N)CN(C)S(=O)(=O)c1ccc(F)c(N)c1. The van der Waals surface area contributed by atoms with Crippen molar-refractivity contribution in [3.05, 3.63) is 24.0 Å². The summed E-state index contributed by atoms with van der Waals surface area (Å²) in [6.07, 6.45) is 0. The molecular formula is C11H14FN3O2S. The van der Waals surface area contributed by atoms with Gasteiger partial charge in [0.2, 0.25) is 10.0 Å². The van der Waals surface area contributed by atoms with Crippen molar-refractivity contribution in [2.75, 3.05) is 19.3 Å². The third kappa shape index (κ3) is 2.97. The highest BCUT2D eigenvalue weighted by Gasteiger charge is 2.23. The lowest BCUT2D eigenvalue weighted by Crippen LogP contribution is -2.30. The maximum Gasteiger partial charge on any atom is 0.242 e.